The number of aromatic nitrogens is 3. The summed E-state index contributed by atoms with van der Waals surface area (Å²) in [5.74, 6) is 1.10. The van der Waals surface area contributed by atoms with Gasteiger partial charge < -0.3 is 14.5 Å². The molecule has 1 aromatic carbocycles. The standard InChI is InChI=1S/C17H22N4/c1-14-19-16-8-3-4-9-17(16)21(14)12-6-10-18-13-15-7-5-11-20(15)2/h3-5,7-9,11,18H,6,10,12-13H2,1-2H3. The van der Waals surface area contributed by atoms with Crippen LogP contribution in [0.2, 0.25) is 0 Å². The molecule has 3 aromatic rings. The average molecular weight is 282 g/mol. The second-order valence-corrected chi connectivity index (χ2v) is 5.44. The normalized spacial score (nSPS) is 11.3. The molecular weight excluding hydrogens is 260 g/mol. The summed E-state index contributed by atoms with van der Waals surface area (Å²) < 4.78 is 4.46. The fourth-order valence-corrected chi connectivity index (χ4v) is 2.74. The van der Waals surface area contributed by atoms with E-state index in [0.717, 1.165) is 37.4 Å². The van der Waals surface area contributed by atoms with Crippen LogP contribution in [0.5, 0.6) is 0 Å². The van der Waals surface area contributed by atoms with Crippen molar-refractivity contribution in [2.75, 3.05) is 6.54 Å². The number of nitrogens with zero attached hydrogens (tertiary/aromatic N) is 3. The summed E-state index contributed by atoms with van der Waals surface area (Å²) in [6.45, 7) is 5.02. The summed E-state index contributed by atoms with van der Waals surface area (Å²) >= 11 is 0. The highest BCUT2D eigenvalue weighted by Gasteiger charge is 2.05. The number of para-hydroxylation sites is 2. The highest BCUT2D eigenvalue weighted by Crippen LogP contribution is 2.15. The number of benzene rings is 1. The van der Waals surface area contributed by atoms with Crippen LogP contribution in [0.15, 0.2) is 42.6 Å². The van der Waals surface area contributed by atoms with E-state index in [9.17, 15) is 0 Å². The smallest absolute Gasteiger partial charge is 0.106 e. The number of nitrogens with one attached hydrogen (secondary N) is 1. The lowest BCUT2D eigenvalue weighted by atomic mass is 10.3. The lowest BCUT2D eigenvalue weighted by Crippen LogP contribution is -2.18. The zero-order valence-electron chi connectivity index (χ0n) is 12.7. The van der Waals surface area contributed by atoms with Crippen molar-refractivity contribution in [3.63, 3.8) is 0 Å². The Bertz CT molecular complexity index is 723. The van der Waals surface area contributed by atoms with Crippen molar-refractivity contribution in [1.82, 2.24) is 19.4 Å². The van der Waals surface area contributed by atoms with Gasteiger partial charge in [0.05, 0.1) is 11.0 Å². The van der Waals surface area contributed by atoms with Gasteiger partial charge in [0.2, 0.25) is 0 Å². The van der Waals surface area contributed by atoms with Crippen LogP contribution in [0.4, 0.5) is 0 Å². The lowest BCUT2D eigenvalue weighted by molar-refractivity contribution is 0.571. The Labute approximate surface area is 125 Å². The summed E-state index contributed by atoms with van der Waals surface area (Å²) in [4.78, 5) is 4.60. The average Bonchev–Trinajstić information content (AvgIpc) is 3.02. The molecule has 0 saturated carbocycles. The minimum atomic E-state index is 0.924. The third kappa shape index (κ3) is 3.00. The van der Waals surface area contributed by atoms with Crippen molar-refractivity contribution in [3.8, 4) is 0 Å². The molecule has 4 heteroatoms. The second kappa shape index (κ2) is 6.14. The largest absolute Gasteiger partial charge is 0.353 e. The van der Waals surface area contributed by atoms with E-state index in [0.29, 0.717) is 0 Å². The first-order valence-corrected chi connectivity index (χ1v) is 7.48. The van der Waals surface area contributed by atoms with Crippen LogP contribution in [0.25, 0.3) is 11.0 Å². The monoisotopic (exact) mass is 282 g/mol. The van der Waals surface area contributed by atoms with Gasteiger partial charge in [-0.05, 0) is 44.2 Å². The highest BCUT2D eigenvalue weighted by molar-refractivity contribution is 5.75. The highest BCUT2D eigenvalue weighted by atomic mass is 15.1. The Balaban J connectivity index is 1.53. The Morgan fingerprint density at radius 3 is 2.81 bits per heavy atom. The van der Waals surface area contributed by atoms with Gasteiger partial charge >= 0.3 is 0 Å². The molecule has 0 atom stereocenters. The quantitative estimate of drug-likeness (QED) is 0.706. The van der Waals surface area contributed by atoms with E-state index >= 15 is 0 Å². The molecule has 0 fully saturated rings. The van der Waals surface area contributed by atoms with Gasteiger partial charge in [0.25, 0.3) is 0 Å². The first-order valence-electron chi connectivity index (χ1n) is 7.48. The minimum absolute atomic E-state index is 0.924. The SMILES string of the molecule is Cc1nc2ccccc2n1CCCNCc1cccn1C. The van der Waals surface area contributed by atoms with Crippen molar-refractivity contribution < 1.29 is 0 Å². The van der Waals surface area contributed by atoms with Crippen molar-refractivity contribution >= 4 is 11.0 Å². The molecule has 0 unspecified atom stereocenters. The van der Waals surface area contributed by atoms with Crippen molar-refractivity contribution in [2.24, 2.45) is 7.05 Å². The number of imidazole rings is 1. The molecule has 0 spiro atoms. The third-order valence-electron chi connectivity index (χ3n) is 3.94. The Morgan fingerprint density at radius 2 is 2.00 bits per heavy atom. The van der Waals surface area contributed by atoms with E-state index in [1.165, 1.54) is 11.2 Å². The maximum absolute atomic E-state index is 4.60. The van der Waals surface area contributed by atoms with Crippen LogP contribution in [0, 0.1) is 6.92 Å². The molecule has 4 nitrogen and oxygen atoms in total. The molecule has 0 radical (unpaired) electrons. The van der Waals surface area contributed by atoms with Crippen molar-refractivity contribution in [2.45, 2.75) is 26.4 Å². The number of aryl methyl sites for hydroxylation is 3. The van der Waals surface area contributed by atoms with Crippen molar-refractivity contribution in [1.29, 1.82) is 0 Å². The summed E-state index contributed by atoms with van der Waals surface area (Å²) in [6.07, 6.45) is 3.18. The molecule has 3 rings (SSSR count). The predicted molar refractivity (Wildman–Crippen MR) is 86.2 cm³/mol. The van der Waals surface area contributed by atoms with E-state index in [-0.39, 0.29) is 0 Å². The number of hydrogen-bond donors (Lipinski definition) is 1. The maximum atomic E-state index is 4.60. The summed E-state index contributed by atoms with van der Waals surface area (Å²) in [6, 6.07) is 12.6. The van der Waals surface area contributed by atoms with Gasteiger partial charge in [-0.25, -0.2) is 4.98 Å². The number of hydrogen-bond acceptors (Lipinski definition) is 2. The zero-order valence-corrected chi connectivity index (χ0v) is 12.7. The van der Waals surface area contributed by atoms with Crippen LogP contribution in [0.1, 0.15) is 17.9 Å². The van der Waals surface area contributed by atoms with E-state index in [4.69, 9.17) is 0 Å². The van der Waals surface area contributed by atoms with Gasteiger partial charge in [0, 0.05) is 32.0 Å². The molecule has 0 aliphatic rings. The molecule has 0 aliphatic heterocycles. The van der Waals surface area contributed by atoms with E-state index in [2.05, 4.69) is 69.9 Å². The molecule has 2 aromatic heterocycles. The van der Waals surface area contributed by atoms with Gasteiger partial charge in [-0.15, -0.1) is 0 Å². The molecule has 0 bridgehead atoms. The minimum Gasteiger partial charge on any atom is -0.353 e. The molecule has 21 heavy (non-hydrogen) atoms. The number of fused-ring (bicyclic) bond motifs is 1. The zero-order chi connectivity index (χ0) is 14.7. The molecule has 0 saturated heterocycles. The van der Waals surface area contributed by atoms with E-state index in [1.807, 2.05) is 6.07 Å². The van der Waals surface area contributed by atoms with Crippen LogP contribution < -0.4 is 5.32 Å². The first kappa shape index (κ1) is 13.9. The summed E-state index contributed by atoms with van der Waals surface area (Å²) in [5.41, 5.74) is 3.64. The molecule has 110 valence electrons. The third-order valence-corrected chi connectivity index (χ3v) is 3.94. The Hall–Kier alpha value is -2.07. The topological polar surface area (TPSA) is 34.8 Å². The van der Waals surface area contributed by atoms with Crippen molar-refractivity contribution in [3.05, 3.63) is 54.1 Å². The number of rotatable bonds is 6. The fourth-order valence-electron chi connectivity index (χ4n) is 2.74. The molecule has 2 heterocycles. The van der Waals surface area contributed by atoms with E-state index < -0.39 is 0 Å². The second-order valence-electron chi connectivity index (χ2n) is 5.44. The summed E-state index contributed by atoms with van der Waals surface area (Å²) in [7, 11) is 2.08. The first-order chi connectivity index (χ1) is 10.3. The van der Waals surface area contributed by atoms with Crippen LogP contribution in [-0.4, -0.2) is 20.7 Å². The van der Waals surface area contributed by atoms with Crippen LogP contribution >= 0.6 is 0 Å². The molecular formula is C17H22N4. The van der Waals surface area contributed by atoms with Gasteiger partial charge in [-0.2, -0.15) is 0 Å². The van der Waals surface area contributed by atoms with Crippen LogP contribution in [-0.2, 0) is 20.1 Å². The van der Waals surface area contributed by atoms with Gasteiger partial charge in [-0.3, -0.25) is 0 Å². The Kier molecular flexibility index (Phi) is 4.06. The predicted octanol–water partition coefficient (Wildman–Crippen LogP) is 2.86. The van der Waals surface area contributed by atoms with Gasteiger partial charge in [-0.1, -0.05) is 12.1 Å². The molecule has 0 aliphatic carbocycles. The van der Waals surface area contributed by atoms with Gasteiger partial charge in [0.15, 0.2) is 0 Å². The van der Waals surface area contributed by atoms with Crippen LogP contribution in [0.3, 0.4) is 0 Å². The molecule has 0 amide bonds. The fraction of sp³-hybridized carbons (Fsp3) is 0.353. The lowest BCUT2D eigenvalue weighted by Gasteiger charge is -2.08. The maximum Gasteiger partial charge on any atom is 0.106 e. The van der Waals surface area contributed by atoms with E-state index in [1.54, 1.807) is 0 Å². The summed E-state index contributed by atoms with van der Waals surface area (Å²) in [5, 5.41) is 3.50. The van der Waals surface area contributed by atoms with Gasteiger partial charge in [0.1, 0.15) is 5.82 Å². The Morgan fingerprint density at radius 1 is 1.14 bits per heavy atom. The molecule has 1 N–H and O–H groups in total.